The van der Waals surface area contributed by atoms with Crippen molar-refractivity contribution in [3.05, 3.63) is 34.9 Å². The lowest BCUT2D eigenvalue weighted by molar-refractivity contribution is 0.543. The van der Waals surface area contributed by atoms with Crippen molar-refractivity contribution in [3.63, 3.8) is 0 Å². The minimum atomic E-state index is 0.781. The molecule has 0 heterocycles. The van der Waals surface area contributed by atoms with Crippen LogP contribution in [0.5, 0.6) is 0 Å². The van der Waals surface area contributed by atoms with Crippen LogP contribution in [0.3, 0.4) is 0 Å². The third-order valence-electron chi connectivity index (χ3n) is 4.71. The zero-order chi connectivity index (χ0) is 18.9. The van der Waals surface area contributed by atoms with Gasteiger partial charge in [0.25, 0.3) is 0 Å². The molecule has 143 valence electrons. The van der Waals surface area contributed by atoms with Crippen molar-refractivity contribution in [2.45, 2.75) is 112 Å². The SMILES string of the molecule is CC/C=C(CCC[B]CCC)/C(=C/CC(C)CCC=C(C)C)CCC. The highest BCUT2D eigenvalue weighted by atomic mass is 14.1. The molecule has 0 nitrogen and oxygen atoms in total. The molecule has 1 atom stereocenters. The lowest BCUT2D eigenvalue weighted by Crippen LogP contribution is -1.97. The molecule has 0 amide bonds. The predicted octanol–water partition coefficient (Wildman–Crippen LogP) is 8.55. The molecule has 0 aromatic carbocycles. The Morgan fingerprint density at radius 2 is 1.60 bits per heavy atom. The van der Waals surface area contributed by atoms with Crippen LogP contribution in [0.1, 0.15) is 99.3 Å². The van der Waals surface area contributed by atoms with Gasteiger partial charge in [-0.15, -0.1) is 0 Å². The number of hydrogen-bond acceptors (Lipinski definition) is 0. The Morgan fingerprint density at radius 3 is 2.20 bits per heavy atom. The van der Waals surface area contributed by atoms with Gasteiger partial charge < -0.3 is 0 Å². The first kappa shape index (κ1) is 24.3. The van der Waals surface area contributed by atoms with E-state index in [1.807, 2.05) is 0 Å². The molecule has 0 N–H and O–H groups in total. The van der Waals surface area contributed by atoms with Crippen LogP contribution in [0.2, 0.25) is 12.6 Å². The summed E-state index contributed by atoms with van der Waals surface area (Å²) in [5, 5.41) is 0. The monoisotopic (exact) mass is 343 g/mol. The van der Waals surface area contributed by atoms with E-state index >= 15 is 0 Å². The van der Waals surface area contributed by atoms with Crippen LogP contribution < -0.4 is 0 Å². The maximum absolute atomic E-state index is 2.56. The molecule has 1 unspecified atom stereocenters. The van der Waals surface area contributed by atoms with Crippen LogP contribution in [0.15, 0.2) is 34.9 Å². The lowest BCUT2D eigenvalue weighted by atomic mass is 9.68. The van der Waals surface area contributed by atoms with Gasteiger partial charge in [0.1, 0.15) is 7.28 Å². The fourth-order valence-electron chi connectivity index (χ4n) is 3.21. The average molecular weight is 343 g/mol. The standard InChI is InChI=1S/C24H44B/c1-7-12-23(16-11-20-25-19-9-3)24(13-8-2)18-17-22(6)15-10-14-21(4)5/h12,14,18,22H,7-11,13,15-17,19-20H2,1-6H3/b23-12+,24-18+. The van der Waals surface area contributed by atoms with Crippen molar-refractivity contribution in [1.29, 1.82) is 0 Å². The fraction of sp³-hybridized carbons (Fsp3) is 0.750. The summed E-state index contributed by atoms with van der Waals surface area (Å²) in [6.07, 6.45) is 21.2. The molecule has 0 spiro atoms. The van der Waals surface area contributed by atoms with Crippen LogP contribution in [0.4, 0.5) is 0 Å². The second-order valence-corrected chi connectivity index (χ2v) is 7.79. The zero-order valence-corrected chi connectivity index (χ0v) is 18.2. The number of rotatable bonds is 15. The molecule has 0 saturated carbocycles. The zero-order valence-electron chi connectivity index (χ0n) is 18.2. The van der Waals surface area contributed by atoms with Gasteiger partial charge in [0.05, 0.1) is 0 Å². The second kappa shape index (κ2) is 16.7. The van der Waals surface area contributed by atoms with Gasteiger partial charge in [0.15, 0.2) is 0 Å². The second-order valence-electron chi connectivity index (χ2n) is 7.79. The van der Waals surface area contributed by atoms with Gasteiger partial charge in [-0.1, -0.05) is 83.4 Å². The summed E-state index contributed by atoms with van der Waals surface area (Å²) in [5.74, 6) is 0.781. The molecule has 0 aliphatic rings. The van der Waals surface area contributed by atoms with Crippen molar-refractivity contribution in [1.82, 2.24) is 0 Å². The quantitative estimate of drug-likeness (QED) is 0.121. The van der Waals surface area contributed by atoms with E-state index in [0.29, 0.717) is 0 Å². The van der Waals surface area contributed by atoms with E-state index < -0.39 is 0 Å². The van der Waals surface area contributed by atoms with Gasteiger partial charge in [0, 0.05) is 0 Å². The van der Waals surface area contributed by atoms with E-state index in [2.05, 4.69) is 67.0 Å². The molecule has 1 radical (unpaired) electrons. The van der Waals surface area contributed by atoms with Crippen LogP contribution in [-0.2, 0) is 0 Å². The third kappa shape index (κ3) is 14.2. The predicted molar refractivity (Wildman–Crippen MR) is 119 cm³/mol. The maximum atomic E-state index is 2.56. The first-order valence-electron chi connectivity index (χ1n) is 10.9. The van der Waals surface area contributed by atoms with Gasteiger partial charge in [0.2, 0.25) is 0 Å². The molecular formula is C24H44B. The van der Waals surface area contributed by atoms with Crippen LogP contribution in [0, 0.1) is 5.92 Å². The van der Waals surface area contributed by atoms with Crippen molar-refractivity contribution < 1.29 is 0 Å². The van der Waals surface area contributed by atoms with E-state index in [-0.39, 0.29) is 0 Å². The molecule has 25 heavy (non-hydrogen) atoms. The first-order valence-corrected chi connectivity index (χ1v) is 10.9. The summed E-state index contributed by atoms with van der Waals surface area (Å²) >= 11 is 0. The molecule has 0 saturated heterocycles. The molecule has 1 heteroatoms. The Balaban J connectivity index is 4.64. The Hall–Kier alpha value is -0.715. The summed E-state index contributed by atoms with van der Waals surface area (Å²) in [6, 6.07) is 0. The molecule has 0 aromatic heterocycles. The van der Waals surface area contributed by atoms with Gasteiger partial charge in [-0.3, -0.25) is 0 Å². The Morgan fingerprint density at radius 1 is 0.880 bits per heavy atom. The lowest BCUT2D eigenvalue weighted by Gasteiger charge is -2.14. The Kier molecular flexibility index (Phi) is 16.3. The highest BCUT2D eigenvalue weighted by molar-refractivity contribution is 6.35. The maximum Gasteiger partial charge on any atom is 0.109 e. The summed E-state index contributed by atoms with van der Waals surface area (Å²) in [7, 11) is 2.47. The summed E-state index contributed by atoms with van der Waals surface area (Å²) < 4.78 is 0. The van der Waals surface area contributed by atoms with Gasteiger partial charge in [-0.25, -0.2) is 0 Å². The number of allylic oxidation sites excluding steroid dienone is 6. The van der Waals surface area contributed by atoms with Crippen molar-refractivity contribution >= 4 is 7.28 Å². The summed E-state index contributed by atoms with van der Waals surface area (Å²) in [6.45, 7) is 13.6. The van der Waals surface area contributed by atoms with E-state index in [1.54, 1.807) is 11.1 Å². The summed E-state index contributed by atoms with van der Waals surface area (Å²) in [5.41, 5.74) is 4.71. The molecule has 0 fully saturated rings. The van der Waals surface area contributed by atoms with Crippen LogP contribution in [0.25, 0.3) is 0 Å². The smallest absolute Gasteiger partial charge is 0.0859 e. The highest BCUT2D eigenvalue weighted by Gasteiger charge is 2.06. The molecule has 0 bridgehead atoms. The summed E-state index contributed by atoms with van der Waals surface area (Å²) in [4.78, 5) is 0. The Labute approximate surface area is 160 Å². The van der Waals surface area contributed by atoms with E-state index in [4.69, 9.17) is 0 Å². The van der Waals surface area contributed by atoms with Crippen molar-refractivity contribution in [3.8, 4) is 0 Å². The fourth-order valence-corrected chi connectivity index (χ4v) is 3.21. The largest absolute Gasteiger partial charge is 0.109 e. The van der Waals surface area contributed by atoms with E-state index in [1.165, 1.54) is 69.6 Å². The minimum absolute atomic E-state index is 0.781. The van der Waals surface area contributed by atoms with Crippen LogP contribution in [-0.4, -0.2) is 7.28 Å². The van der Waals surface area contributed by atoms with E-state index in [0.717, 1.165) is 12.3 Å². The van der Waals surface area contributed by atoms with Gasteiger partial charge in [-0.05, 0) is 69.4 Å². The highest BCUT2D eigenvalue weighted by Crippen LogP contribution is 2.25. The third-order valence-corrected chi connectivity index (χ3v) is 4.71. The minimum Gasteiger partial charge on any atom is -0.0859 e. The average Bonchev–Trinajstić information content (AvgIpc) is 2.57. The molecular weight excluding hydrogens is 299 g/mol. The number of hydrogen-bond donors (Lipinski definition) is 0. The van der Waals surface area contributed by atoms with Crippen molar-refractivity contribution in [2.24, 2.45) is 5.92 Å². The molecule has 0 rings (SSSR count). The molecule has 0 aromatic rings. The van der Waals surface area contributed by atoms with Crippen molar-refractivity contribution in [2.75, 3.05) is 0 Å². The van der Waals surface area contributed by atoms with Gasteiger partial charge >= 0.3 is 0 Å². The first-order chi connectivity index (χ1) is 12.0. The topological polar surface area (TPSA) is 0 Å². The molecule has 0 aliphatic heterocycles. The van der Waals surface area contributed by atoms with Crippen LogP contribution >= 0.6 is 0 Å². The Bertz CT molecular complexity index is 396. The molecule has 0 aliphatic carbocycles. The van der Waals surface area contributed by atoms with Gasteiger partial charge in [-0.2, -0.15) is 0 Å². The van der Waals surface area contributed by atoms with E-state index in [9.17, 15) is 0 Å². The normalized spacial score (nSPS) is 13.7.